The molecule has 0 heterocycles. The third-order valence-electron chi connectivity index (χ3n) is 2.54. The Bertz CT molecular complexity index is 468. The molecule has 0 aliphatic heterocycles. The van der Waals surface area contributed by atoms with Crippen LogP contribution in [-0.4, -0.2) is 5.11 Å². The van der Waals surface area contributed by atoms with Crippen LogP contribution in [0.25, 0.3) is 0 Å². The van der Waals surface area contributed by atoms with Gasteiger partial charge in [-0.2, -0.15) is 26.3 Å². The molecule has 0 aromatic heterocycles. The molecule has 0 unspecified atom stereocenters. The normalized spacial score (nSPS) is 14.2. The highest BCUT2D eigenvalue weighted by Crippen LogP contribution is 2.38. The molecular formula is C13H12F6O. The summed E-state index contributed by atoms with van der Waals surface area (Å²) in [5.74, 6) is 0. The summed E-state index contributed by atoms with van der Waals surface area (Å²) < 4.78 is 75.6. The van der Waals surface area contributed by atoms with E-state index in [1.807, 2.05) is 0 Å². The molecule has 1 nitrogen and oxygen atoms in total. The number of alkyl halides is 6. The maximum Gasteiger partial charge on any atom is 0.416 e. The molecule has 0 bridgehead atoms. The summed E-state index contributed by atoms with van der Waals surface area (Å²) in [6.07, 6.45) is -11.4. The number of hydrogen-bond acceptors (Lipinski definition) is 1. The molecule has 0 saturated heterocycles. The predicted octanol–water partition coefficient (Wildman–Crippen LogP) is 4.72. The number of aliphatic hydroxyl groups excluding tert-OH is 1. The quantitative estimate of drug-likeness (QED) is 0.632. The summed E-state index contributed by atoms with van der Waals surface area (Å²) in [6.45, 7) is 4.97. The van der Waals surface area contributed by atoms with Gasteiger partial charge in [-0.25, -0.2) is 0 Å². The molecular weight excluding hydrogens is 286 g/mol. The fourth-order valence-corrected chi connectivity index (χ4v) is 1.62. The summed E-state index contributed by atoms with van der Waals surface area (Å²) in [6, 6.07) is 1.06. The van der Waals surface area contributed by atoms with Gasteiger partial charge >= 0.3 is 12.4 Å². The Kier molecular flexibility index (Phi) is 4.53. The van der Waals surface area contributed by atoms with Gasteiger partial charge in [-0.3, -0.25) is 0 Å². The van der Waals surface area contributed by atoms with E-state index >= 15 is 0 Å². The molecule has 112 valence electrons. The Balaban J connectivity index is 3.34. The summed E-state index contributed by atoms with van der Waals surface area (Å²) >= 11 is 0. The Morgan fingerprint density at radius 1 is 1.05 bits per heavy atom. The van der Waals surface area contributed by atoms with E-state index in [1.54, 1.807) is 0 Å². The van der Waals surface area contributed by atoms with Crippen LogP contribution in [-0.2, 0) is 12.4 Å². The minimum Gasteiger partial charge on any atom is -0.388 e. The summed E-state index contributed by atoms with van der Waals surface area (Å²) in [5, 5.41) is 9.68. The Hall–Kier alpha value is -1.50. The van der Waals surface area contributed by atoms with E-state index in [0.717, 1.165) is 0 Å². The third kappa shape index (κ3) is 4.26. The topological polar surface area (TPSA) is 20.2 Å². The van der Waals surface area contributed by atoms with E-state index in [4.69, 9.17) is 0 Å². The molecule has 0 fully saturated rings. The predicted molar refractivity (Wildman–Crippen MR) is 60.8 cm³/mol. The maximum atomic E-state index is 12.6. The zero-order valence-electron chi connectivity index (χ0n) is 10.4. The fraction of sp³-hybridized carbons (Fsp3) is 0.385. The molecule has 0 spiro atoms. The van der Waals surface area contributed by atoms with Gasteiger partial charge in [-0.15, -0.1) is 6.58 Å². The molecule has 0 radical (unpaired) electrons. The second-order valence-electron chi connectivity index (χ2n) is 4.52. The van der Waals surface area contributed by atoms with Crippen molar-refractivity contribution in [2.75, 3.05) is 0 Å². The van der Waals surface area contributed by atoms with Crippen molar-refractivity contribution >= 4 is 0 Å². The summed E-state index contributed by atoms with van der Waals surface area (Å²) in [5.41, 5.74) is -2.87. The lowest BCUT2D eigenvalue weighted by Crippen LogP contribution is -2.13. The monoisotopic (exact) mass is 298 g/mol. The Morgan fingerprint density at radius 3 is 1.75 bits per heavy atom. The van der Waals surface area contributed by atoms with Gasteiger partial charge in [-0.1, -0.05) is 5.57 Å². The van der Waals surface area contributed by atoms with E-state index in [2.05, 4.69) is 6.58 Å². The van der Waals surface area contributed by atoms with Crippen LogP contribution in [0, 0.1) is 0 Å². The van der Waals surface area contributed by atoms with Gasteiger partial charge in [0.2, 0.25) is 0 Å². The van der Waals surface area contributed by atoms with Crippen LogP contribution in [0.4, 0.5) is 26.3 Å². The summed E-state index contributed by atoms with van der Waals surface area (Å²) in [4.78, 5) is 0. The van der Waals surface area contributed by atoms with E-state index in [1.165, 1.54) is 6.92 Å². The van der Waals surface area contributed by atoms with Gasteiger partial charge in [0, 0.05) is 0 Å². The van der Waals surface area contributed by atoms with Crippen molar-refractivity contribution in [2.24, 2.45) is 0 Å². The number of halogens is 6. The largest absolute Gasteiger partial charge is 0.416 e. The standard InChI is InChI=1S/C13H12F6O/c1-7(2)3-11(20)8-4-9(12(14,15)16)6-10(5-8)13(17,18)19/h4-6,11,20H,1,3H2,2H3/t11-/m1/s1. The molecule has 20 heavy (non-hydrogen) atoms. The van der Waals surface area contributed by atoms with E-state index in [0.29, 0.717) is 17.7 Å². The van der Waals surface area contributed by atoms with Crippen LogP contribution in [0.15, 0.2) is 30.4 Å². The van der Waals surface area contributed by atoms with Crippen LogP contribution in [0.2, 0.25) is 0 Å². The SMILES string of the molecule is C=C(C)C[C@@H](O)c1cc(C(F)(F)F)cc(C(F)(F)F)c1. The van der Waals surface area contributed by atoms with Crippen LogP contribution in [0.3, 0.4) is 0 Å². The zero-order valence-corrected chi connectivity index (χ0v) is 10.4. The van der Waals surface area contributed by atoms with Crippen molar-refractivity contribution in [1.82, 2.24) is 0 Å². The first-order chi connectivity index (χ1) is 8.91. The maximum absolute atomic E-state index is 12.6. The third-order valence-corrected chi connectivity index (χ3v) is 2.54. The molecule has 1 N–H and O–H groups in total. The van der Waals surface area contributed by atoms with Crippen LogP contribution >= 0.6 is 0 Å². The Morgan fingerprint density at radius 2 is 1.45 bits per heavy atom. The first kappa shape index (κ1) is 16.6. The van der Waals surface area contributed by atoms with Crippen molar-refractivity contribution in [2.45, 2.75) is 31.8 Å². The van der Waals surface area contributed by atoms with Crippen molar-refractivity contribution < 1.29 is 31.4 Å². The molecule has 1 aromatic carbocycles. The lowest BCUT2D eigenvalue weighted by atomic mass is 9.98. The number of hydrogen-bond donors (Lipinski definition) is 1. The second-order valence-corrected chi connectivity index (χ2v) is 4.52. The molecule has 0 aliphatic carbocycles. The smallest absolute Gasteiger partial charge is 0.388 e. The van der Waals surface area contributed by atoms with Gasteiger partial charge in [0.05, 0.1) is 17.2 Å². The minimum atomic E-state index is -4.92. The minimum absolute atomic E-state index is 0.0248. The van der Waals surface area contributed by atoms with Crippen molar-refractivity contribution in [3.05, 3.63) is 47.0 Å². The molecule has 0 aliphatic rings. The van der Waals surface area contributed by atoms with Crippen molar-refractivity contribution in [1.29, 1.82) is 0 Å². The average Bonchev–Trinajstić information content (AvgIpc) is 2.25. The van der Waals surface area contributed by atoms with Gasteiger partial charge in [0.25, 0.3) is 0 Å². The second kappa shape index (κ2) is 5.47. The van der Waals surface area contributed by atoms with Crippen molar-refractivity contribution in [3.63, 3.8) is 0 Å². The van der Waals surface area contributed by atoms with Gasteiger partial charge < -0.3 is 5.11 Å². The van der Waals surface area contributed by atoms with E-state index in [-0.39, 0.29) is 12.5 Å². The highest BCUT2D eigenvalue weighted by atomic mass is 19.4. The van der Waals surface area contributed by atoms with Crippen molar-refractivity contribution in [3.8, 4) is 0 Å². The highest BCUT2D eigenvalue weighted by molar-refractivity contribution is 5.35. The fourth-order valence-electron chi connectivity index (χ4n) is 1.62. The van der Waals surface area contributed by atoms with Gasteiger partial charge in [0.1, 0.15) is 0 Å². The molecule has 1 rings (SSSR count). The van der Waals surface area contributed by atoms with E-state index < -0.39 is 35.1 Å². The lowest BCUT2D eigenvalue weighted by Gasteiger charge is -2.17. The first-order valence-corrected chi connectivity index (χ1v) is 5.53. The highest BCUT2D eigenvalue weighted by Gasteiger charge is 2.37. The van der Waals surface area contributed by atoms with Gasteiger partial charge in [-0.05, 0) is 37.1 Å². The zero-order chi connectivity index (χ0) is 15.7. The molecule has 0 saturated carbocycles. The van der Waals surface area contributed by atoms with Gasteiger partial charge in [0.15, 0.2) is 0 Å². The molecule has 7 heteroatoms. The van der Waals surface area contributed by atoms with E-state index in [9.17, 15) is 31.4 Å². The van der Waals surface area contributed by atoms with Crippen LogP contribution < -0.4 is 0 Å². The lowest BCUT2D eigenvalue weighted by molar-refractivity contribution is -0.143. The first-order valence-electron chi connectivity index (χ1n) is 5.53. The van der Waals surface area contributed by atoms with Crippen LogP contribution in [0.5, 0.6) is 0 Å². The number of benzene rings is 1. The number of aliphatic hydroxyl groups is 1. The number of rotatable bonds is 3. The molecule has 1 aromatic rings. The summed E-state index contributed by atoms with van der Waals surface area (Å²) in [7, 11) is 0. The van der Waals surface area contributed by atoms with Crippen LogP contribution in [0.1, 0.15) is 36.1 Å². The molecule has 0 amide bonds. The molecule has 1 atom stereocenters. The Labute approximate surface area is 111 Å². The average molecular weight is 298 g/mol.